The second kappa shape index (κ2) is 8.28. The minimum absolute atomic E-state index is 0.201. The molecule has 0 amide bonds. The third-order valence-corrected chi connectivity index (χ3v) is 7.83. The SMILES string of the molecule is CN(Cc1ccon1)Cc1ccc2n(c1=O)C[C@H]1C[C@@H]2CN(C2CCSCC2)C1. The first-order valence-corrected chi connectivity index (χ1v) is 11.9. The first-order valence-electron chi connectivity index (χ1n) is 10.8. The first kappa shape index (κ1) is 19.4. The maximum atomic E-state index is 13.3. The number of pyridine rings is 1. The summed E-state index contributed by atoms with van der Waals surface area (Å²) in [6.45, 7) is 4.47. The molecule has 0 N–H and O–H groups in total. The first-order chi connectivity index (χ1) is 14.2. The summed E-state index contributed by atoms with van der Waals surface area (Å²) >= 11 is 2.10. The molecule has 6 nitrogen and oxygen atoms in total. The Bertz CT molecular complexity index is 891. The zero-order valence-electron chi connectivity index (χ0n) is 17.1. The Morgan fingerprint density at radius 1 is 1.17 bits per heavy atom. The van der Waals surface area contributed by atoms with E-state index in [1.54, 1.807) is 6.26 Å². The van der Waals surface area contributed by atoms with Crippen molar-refractivity contribution in [3.8, 4) is 0 Å². The molecule has 0 aromatic carbocycles. The fourth-order valence-electron chi connectivity index (χ4n) is 5.44. The Balaban J connectivity index is 1.32. The molecule has 29 heavy (non-hydrogen) atoms. The van der Waals surface area contributed by atoms with Crippen LogP contribution < -0.4 is 5.56 Å². The van der Waals surface area contributed by atoms with Crippen LogP contribution >= 0.6 is 11.8 Å². The summed E-state index contributed by atoms with van der Waals surface area (Å²) in [5.74, 6) is 3.72. The van der Waals surface area contributed by atoms with Crippen molar-refractivity contribution in [2.24, 2.45) is 5.92 Å². The van der Waals surface area contributed by atoms with Gasteiger partial charge in [0.05, 0.1) is 5.69 Å². The van der Waals surface area contributed by atoms with Crippen LogP contribution in [0.25, 0.3) is 0 Å². The average molecular weight is 415 g/mol. The van der Waals surface area contributed by atoms with Gasteiger partial charge in [-0.3, -0.25) is 14.6 Å². The normalized spacial score (nSPS) is 25.3. The van der Waals surface area contributed by atoms with E-state index in [2.05, 4.69) is 43.4 Å². The van der Waals surface area contributed by atoms with Crippen molar-refractivity contribution in [3.05, 3.63) is 51.8 Å². The molecule has 0 unspecified atom stereocenters. The van der Waals surface area contributed by atoms with Crippen molar-refractivity contribution < 1.29 is 4.52 Å². The van der Waals surface area contributed by atoms with E-state index in [1.165, 1.54) is 36.5 Å². The molecule has 3 aliphatic heterocycles. The lowest BCUT2D eigenvalue weighted by atomic mass is 9.82. The van der Waals surface area contributed by atoms with Crippen LogP contribution in [0.1, 0.15) is 42.1 Å². The fourth-order valence-corrected chi connectivity index (χ4v) is 6.52. The number of nitrogens with zero attached hydrogens (tertiary/aromatic N) is 4. The minimum atomic E-state index is 0.201. The van der Waals surface area contributed by atoms with E-state index < -0.39 is 0 Å². The highest BCUT2D eigenvalue weighted by Gasteiger charge is 2.37. The van der Waals surface area contributed by atoms with Gasteiger partial charge in [0.15, 0.2) is 0 Å². The van der Waals surface area contributed by atoms with E-state index in [0.29, 0.717) is 24.9 Å². The second-order valence-electron chi connectivity index (χ2n) is 8.96. The average Bonchev–Trinajstić information content (AvgIpc) is 3.24. The number of thioether (sulfide) groups is 1. The number of fused-ring (bicyclic) bond motifs is 4. The standard InChI is InChI=1S/C22H30N4O2S/c1-24(15-19-4-7-28-23-19)13-17-2-3-21-18-10-16(12-26(21)22(17)27)11-25(14-18)20-5-8-29-9-6-20/h2-4,7,16,18,20H,5-6,8-15H2,1H3/t16-,18+/m0/s1. The molecule has 5 heterocycles. The van der Waals surface area contributed by atoms with Gasteiger partial charge in [-0.05, 0) is 49.8 Å². The molecule has 7 heteroatoms. The monoisotopic (exact) mass is 414 g/mol. The van der Waals surface area contributed by atoms with Crippen LogP contribution in [0.4, 0.5) is 0 Å². The van der Waals surface area contributed by atoms with Crippen LogP contribution in [0.2, 0.25) is 0 Å². The predicted molar refractivity (Wildman–Crippen MR) is 115 cm³/mol. The van der Waals surface area contributed by atoms with Crippen molar-refractivity contribution in [1.82, 2.24) is 19.5 Å². The van der Waals surface area contributed by atoms with Gasteiger partial charge in [-0.25, -0.2) is 0 Å². The maximum absolute atomic E-state index is 13.3. The zero-order chi connectivity index (χ0) is 19.8. The number of piperidine rings is 1. The highest BCUT2D eigenvalue weighted by Crippen LogP contribution is 2.37. The predicted octanol–water partition coefficient (Wildman–Crippen LogP) is 2.78. The minimum Gasteiger partial charge on any atom is -0.364 e. The van der Waals surface area contributed by atoms with E-state index >= 15 is 0 Å². The molecule has 2 fully saturated rings. The van der Waals surface area contributed by atoms with Gasteiger partial charge in [-0.15, -0.1) is 0 Å². The Morgan fingerprint density at radius 2 is 2.03 bits per heavy atom. The van der Waals surface area contributed by atoms with Gasteiger partial charge in [0.1, 0.15) is 6.26 Å². The van der Waals surface area contributed by atoms with Crippen molar-refractivity contribution in [3.63, 3.8) is 0 Å². The van der Waals surface area contributed by atoms with E-state index in [0.717, 1.165) is 36.9 Å². The topological polar surface area (TPSA) is 54.5 Å². The van der Waals surface area contributed by atoms with Crippen molar-refractivity contribution >= 4 is 11.8 Å². The maximum Gasteiger partial charge on any atom is 0.255 e. The van der Waals surface area contributed by atoms with Crippen molar-refractivity contribution in [2.75, 3.05) is 31.6 Å². The highest BCUT2D eigenvalue weighted by atomic mass is 32.2. The highest BCUT2D eigenvalue weighted by molar-refractivity contribution is 7.99. The molecule has 0 radical (unpaired) electrons. The van der Waals surface area contributed by atoms with E-state index in [9.17, 15) is 4.79 Å². The second-order valence-corrected chi connectivity index (χ2v) is 10.2. The number of hydrogen-bond acceptors (Lipinski definition) is 6. The van der Waals surface area contributed by atoms with Crippen LogP contribution in [-0.4, -0.2) is 57.2 Å². The summed E-state index contributed by atoms with van der Waals surface area (Å²) in [5, 5.41) is 3.97. The van der Waals surface area contributed by atoms with Gasteiger partial charge in [-0.1, -0.05) is 11.2 Å². The molecule has 2 aromatic rings. The van der Waals surface area contributed by atoms with Gasteiger partial charge in [0, 0.05) is 62.0 Å². The lowest BCUT2D eigenvalue weighted by molar-refractivity contribution is 0.0773. The molecule has 0 saturated carbocycles. The van der Waals surface area contributed by atoms with Crippen LogP contribution in [0.3, 0.4) is 0 Å². The molecule has 3 aliphatic rings. The molecule has 0 aliphatic carbocycles. The Labute approximate surface area is 176 Å². The van der Waals surface area contributed by atoms with Gasteiger partial charge in [0.2, 0.25) is 0 Å². The third-order valence-electron chi connectivity index (χ3n) is 6.78. The molecule has 156 valence electrons. The molecular formula is C22H30N4O2S. The van der Waals surface area contributed by atoms with Gasteiger partial charge >= 0.3 is 0 Å². The lowest BCUT2D eigenvalue weighted by Gasteiger charge is -2.46. The molecule has 2 aromatic heterocycles. The number of aromatic nitrogens is 2. The molecule has 0 spiro atoms. The summed E-state index contributed by atoms with van der Waals surface area (Å²) in [7, 11) is 2.02. The summed E-state index contributed by atoms with van der Waals surface area (Å²) in [6, 6.07) is 6.91. The fraction of sp³-hybridized carbons (Fsp3) is 0.636. The largest absolute Gasteiger partial charge is 0.364 e. The smallest absolute Gasteiger partial charge is 0.255 e. The van der Waals surface area contributed by atoms with Crippen molar-refractivity contribution in [2.45, 2.75) is 50.9 Å². The van der Waals surface area contributed by atoms with Gasteiger partial charge in [0.25, 0.3) is 5.56 Å². The Kier molecular flexibility index (Phi) is 5.54. The molecule has 2 bridgehead atoms. The Morgan fingerprint density at radius 3 is 2.83 bits per heavy atom. The van der Waals surface area contributed by atoms with Gasteiger partial charge in [-0.2, -0.15) is 11.8 Å². The van der Waals surface area contributed by atoms with E-state index in [4.69, 9.17) is 4.52 Å². The van der Waals surface area contributed by atoms with Crippen LogP contribution in [0, 0.1) is 5.92 Å². The number of hydrogen-bond donors (Lipinski definition) is 0. The molecule has 2 atom stereocenters. The van der Waals surface area contributed by atoms with Gasteiger partial charge < -0.3 is 9.09 Å². The summed E-state index contributed by atoms with van der Waals surface area (Å²) < 4.78 is 7.00. The summed E-state index contributed by atoms with van der Waals surface area (Å²) in [5.41, 5.74) is 3.22. The third kappa shape index (κ3) is 4.05. The summed E-state index contributed by atoms with van der Waals surface area (Å²) in [4.78, 5) is 18.1. The van der Waals surface area contributed by atoms with Crippen molar-refractivity contribution in [1.29, 1.82) is 0 Å². The van der Waals surface area contributed by atoms with E-state index in [-0.39, 0.29) is 5.56 Å². The molecular weight excluding hydrogens is 384 g/mol. The Hall–Kier alpha value is -1.57. The zero-order valence-corrected chi connectivity index (χ0v) is 17.9. The van der Waals surface area contributed by atoms with Crippen LogP contribution in [0.5, 0.6) is 0 Å². The molecule has 5 rings (SSSR count). The van der Waals surface area contributed by atoms with E-state index in [1.807, 2.05) is 13.1 Å². The summed E-state index contributed by atoms with van der Waals surface area (Å²) in [6.07, 6.45) is 5.48. The van der Waals surface area contributed by atoms with Crippen LogP contribution in [-0.2, 0) is 19.6 Å². The van der Waals surface area contributed by atoms with Crippen LogP contribution in [0.15, 0.2) is 33.8 Å². The number of likely N-dealkylation sites (tertiary alicyclic amines) is 1. The lowest BCUT2D eigenvalue weighted by Crippen LogP contribution is -2.51. The number of rotatable bonds is 5. The quantitative estimate of drug-likeness (QED) is 0.750. The molecule has 2 saturated heterocycles.